The molecular formula is C14H24O2S. The quantitative estimate of drug-likeness (QED) is 0.567. The fraction of sp³-hybridized carbons (Fsp3) is 0.786. The van der Waals surface area contributed by atoms with E-state index >= 15 is 0 Å². The molecule has 0 spiro atoms. The van der Waals surface area contributed by atoms with Crippen LogP contribution in [0.4, 0.5) is 0 Å². The van der Waals surface area contributed by atoms with Crippen molar-refractivity contribution in [3.8, 4) is 0 Å². The molecule has 0 radical (unpaired) electrons. The fourth-order valence-electron chi connectivity index (χ4n) is 1.76. The Morgan fingerprint density at radius 3 is 2.59 bits per heavy atom. The predicted molar refractivity (Wildman–Crippen MR) is 74.2 cm³/mol. The summed E-state index contributed by atoms with van der Waals surface area (Å²) >= 11 is 1.64. The third kappa shape index (κ3) is 6.16. The Morgan fingerprint density at radius 1 is 1.35 bits per heavy atom. The van der Waals surface area contributed by atoms with Crippen molar-refractivity contribution < 1.29 is 9.53 Å². The van der Waals surface area contributed by atoms with Gasteiger partial charge in [0.1, 0.15) is 0 Å². The van der Waals surface area contributed by atoms with Crippen molar-refractivity contribution in [1.82, 2.24) is 0 Å². The average Bonchev–Trinajstić information content (AvgIpc) is 2.24. The predicted octanol–water partition coefficient (Wildman–Crippen LogP) is 3.66. The van der Waals surface area contributed by atoms with Crippen molar-refractivity contribution in [3.05, 3.63) is 12.2 Å². The van der Waals surface area contributed by atoms with Crippen LogP contribution in [0.3, 0.4) is 0 Å². The molecule has 98 valence electrons. The molecule has 1 aliphatic carbocycles. The maximum absolute atomic E-state index is 11.6. The summed E-state index contributed by atoms with van der Waals surface area (Å²) in [6.45, 7) is 9.14. The molecule has 2 nitrogen and oxygen atoms in total. The minimum absolute atomic E-state index is 0.0771. The molecule has 0 saturated heterocycles. The Balaban J connectivity index is 2.21. The Hall–Kier alpha value is -0.440. The van der Waals surface area contributed by atoms with Gasteiger partial charge in [0.15, 0.2) is 0 Å². The molecule has 2 unspecified atom stereocenters. The molecule has 3 heteroatoms. The van der Waals surface area contributed by atoms with Gasteiger partial charge in [0.05, 0.1) is 12.4 Å². The zero-order valence-electron chi connectivity index (χ0n) is 11.4. The van der Waals surface area contributed by atoms with Crippen molar-refractivity contribution in [3.63, 3.8) is 0 Å². The van der Waals surface area contributed by atoms with Crippen LogP contribution in [0.1, 0.15) is 40.5 Å². The van der Waals surface area contributed by atoms with Crippen molar-refractivity contribution >= 4 is 17.7 Å². The topological polar surface area (TPSA) is 26.3 Å². The molecule has 0 N–H and O–H groups in total. The van der Waals surface area contributed by atoms with Crippen LogP contribution in [0.15, 0.2) is 12.2 Å². The average molecular weight is 256 g/mol. The molecule has 0 bridgehead atoms. The van der Waals surface area contributed by atoms with E-state index in [2.05, 4.69) is 39.8 Å². The molecule has 1 rings (SSSR count). The van der Waals surface area contributed by atoms with Gasteiger partial charge in [0.25, 0.3) is 0 Å². The molecule has 0 saturated carbocycles. The molecule has 0 heterocycles. The van der Waals surface area contributed by atoms with E-state index in [0.29, 0.717) is 24.2 Å². The number of hydrogen-bond donors (Lipinski definition) is 0. The molecule has 0 fully saturated rings. The molecule has 0 aromatic carbocycles. The highest BCUT2D eigenvalue weighted by Gasteiger charge is 2.20. The highest BCUT2D eigenvalue weighted by atomic mass is 32.2. The van der Waals surface area contributed by atoms with Gasteiger partial charge in [0, 0.05) is 4.75 Å². The van der Waals surface area contributed by atoms with Gasteiger partial charge in [-0.1, -0.05) is 39.8 Å². The van der Waals surface area contributed by atoms with E-state index in [1.54, 1.807) is 11.8 Å². The van der Waals surface area contributed by atoms with Crippen LogP contribution < -0.4 is 0 Å². The summed E-state index contributed by atoms with van der Waals surface area (Å²) in [4.78, 5) is 11.6. The molecule has 2 atom stereocenters. The van der Waals surface area contributed by atoms with Gasteiger partial charge in [-0.25, -0.2) is 0 Å². The third-order valence-electron chi connectivity index (χ3n) is 3.00. The molecule has 17 heavy (non-hydrogen) atoms. The summed E-state index contributed by atoms with van der Waals surface area (Å²) in [6, 6.07) is 0. The van der Waals surface area contributed by atoms with Gasteiger partial charge < -0.3 is 4.74 Å². The first-order valence-electron chi connectivity index (χ1n) is 6.33. The van der Waals surface area contributed by atoms with Gasteiger partial charge in [-0.2, -0.15) is 0 Å². The van der Waals surface area contributed by atoms with Crippen LogP contribution in [-0.4, -0.2) is 23.1 Å². The van der Waals surface area contributed by atoms with E-state index in [1.165, 1.54) is 0 Å². The second-order valence-electron chi connectivity index (χ2n) is 5.76. The van der Waals surface area contributed by atoms with Crippen LogP contribution in [0.25, 0.3) is 0 Å². The number of hydrogen-bond acceptors (Lipinski definition) is 3. The Kier molecular flexibility index (Phi) is 5.57. The Labute approximate surface area is 109 Å². The lowest BCUT2D eigenvalue weighted by atomic mass is 9.85. The summed E-state index contributed by atoms with van der Waals surface area (Å²) < 4.78 is 5.48. The Morgan fingerprint density at radius 2 is 2.00 bits per heavy atom. The zero-order chi connectivity index (χ0) is 12.9. The van der Waals surface area contributed by atoms with E-state index in [0.717, 1.165) is 12.8 Å². The first-order valence-corrected chi connectivity index (χ1v) is 7.31. The number of ether oxygens (including phenoxy) is 1. The lowest BCUT2D eigenvalue weighted by Gasteiger charge is -2.25. The number of esters is 1. The highest BCUT2D eigenvalue weighted by molar-refractivity contribution is 8.01. The summed E-state index contributed by atoms with van der Waals surface area (Å²) in [5.74, 6) is 1.51. The van der Waals surface area contributed by atoms with Crippen LogP contribution in [0.5, 0.6) is 0 Å². The number of rotatable bonds is 4. The molecule has 0 aromatic rings. The monoisotopic (exact) mass is 256 g/mol. The van der Waals surface area contributed by atoms with E-state index < -0.39 is 0 Å². The van der Waals surface area contributed by atoms with Gasteiger partial charge in [-0.3, -0.25) is 4.79 Å². The second-order valence-corrected chi connectivity index (χ2v) is 7.57. The highest BCUT2D eigenvalue weighted by Crippen LogP contribution is 2.26. The lowest BCUT2D eigenvalue weighted by Crippen LogP contribution is -2.23. The molecule has 0 amide bonds. The van der Waals surface area contributed by atoms with E-state index in [4.69, 9.17) is 4.74 Å². The maximum Gasteiger partial charge on any atom is 0.315 e. The standard InChI is InChI=1S/C14H24O2S/c1-11-7-5-6-8-12(11)9-16-13(15)10-17-14(2,3)4/h5-6,11-12H,7-10H2,1-4H3. The zero-order valence-corrected chi connectivity index (χ0v) is 12.2. The molecule has 0 aromatic heterocycles. The van der Waals surface area contributed by atoms with Crippen LogP contribution in [0, 0.1) is 11.8 Å². The van der Waals surface area contributed by atoms with Crippen molar-refractivity contribution in [2.75, 3.05) is 12.4 Å². The normalized spacial score (nSPS) is 24.7. The summed E-state index contributed by atoms with van der Waals surface area (Å²) in [6.07, 6.45) is 6.57. The fourth-order valence-corrected chi connectivity index (χ4v) is 2.39. The van der Waals surface area contributed by atoms with Gasteiger partial charge in [0.2, 0.25) is 0 Å². The number of thioether (sulfide) groups is 1. The molecule has 0 aliphatic heterocycles. The summed E-state index contributed by atoms with van der Waals surface area (Å²) in [5.41, 5.74) is 0. The van der Waals surface area contributed by atoms with Crippen LogP contribution >= 0.6 is 11.8 Å². The van der Waals surface area contributed by atoms with E-state index in [-0.39, 0.29) is 10.7 Å². The van der Waals surface area contributed by atoms with E-state index in [1.807, 2.05) is 0 Å². The maximum atomic E-state index is 11.6. The third-order valence-corrected chi connectivity index (χ3v) is 4.25. The minimum Gasteiger partial charge on any atom is -0.465 e. The smallest absolute Gasteiger partial charge is 0.315 e. The first kappa shape index (κ1) is 14.6. The van der Waals surface area contributed by atoms with E-state index in [9.17, 15) is 4.79 Å². The SMILES string of the molecule is CC1CC=CCC1COC(=O)CSC(C)(C)C. The van der Waals surface area contributed by atoms with Crippen molar-refractivity contribution in [2.45, 2.75) is 45.3 Å². The van der Waals surface area contributed by atoms with Crippen molar-refractivity contribution in [1.29, 1.82) is 0 Å². The van der Waals surface area contributed by atoms with Crippen LogP contribution in [0.2, 0.25) is 0 Å². The molecule has 1 aliphatic rings. The van der Waals surface area contributed by atoms with Gasteiger partial charge >= 0.3 is 5.97 Å². The van der Waals surface area contributed by atoms with Crippen LogP contribution in [-0.2, 0) is 9.53 Å². The van der Waals surface area contributed by atoms with Crippen molar-refractivity contribution in [2.24, 2.45) is 11.8 Å². The lowest BCUT2D eigenvalue weighted by molar-refractivity contribution is -0.142. The number of carbonyl (C=O) groups is 1. The van der Waals surface area contributed by atoms with Gasteiger partial charge in [-0.05, 0) is 24.7 Å². The summed E-state index contributed by atoms with van der Waals surface area (Å²) in [7, 11) is 0. The Bertz CT molecular complexity index is 278. The van der Waals surface area contributed by atoms with Gasteiger partial charge in [-0.15, -0.1) is 11.8 Å². The first-order chi connectivity index (χ1) is 7.88. The number of carbonyl (C=O) groups excluding carboxylic acids is 1. The largest absolute Gasteiger partial charge is 0.465 e. The number of allylic oxidation sites excluding steroid dienone is 2. The summed E-state index contributed by atoms with van der Waals surface area (Å²) in [5, 5.41) is 0. The molecular weight excluding hydrogens is 232 g/mol. The second kappa shape index (κ2) is 6.48. The minimum atomic E-state index is -0.0771.